The van der Waals surface area contributed by atoms with Crippen LogP contribution in [0.5, 0.6) is 0 Å². The molecule has 0 heteroatoms. The molecule has 0 radical (unpaired) electrons. The summed E-state index contributed by atoms with van der Waals surface area (Å²) >= 11 is 0. The zero-order valence-electron chi connectivity index (χ0n) is 4.48. The molecule has 0 aliphatic heterocycles. The largest absolute Gasteiger partial charge is 0.0995 e. The van der Waals surface area contributed by atoms with E-state index in [2.05, 4.69) is 18.7 Å². The molecular weight excluding hydrogens is 84.1 g/mol. The Kier molecular flexibility index (Phi) is 1.30. The van der Waals surface area contributed by atoms with E-state index in [0.29, 0.717) is 0 Å². The highest BCUT2D eigenvalue weighted by atomic mass is 14.0. The predicted molar refractivity (Wildman–Crippen MR) is 32.1 cm³/mol. The maximum Gasteiger partial charge on any atom is -0.0141 e. The molecule has 0 heterocycles. The zero-order chi connectivity index (χ0) is 5.11. The SMILES string of the molecule is C=C1CC=CCC1. The van der Waals surface area contributed by atoms with Gasteiger partial charge < -0.3 is 0 Å². The number of allylic oxidation sites excluding steroid dienone is 3. The summed E-state index contributed by atoms with van der Waals surface area (Å²) in [5.41, 5.74) is 1.38. The summed E-state index contributed by atoms with van der Waals surface area (Å²) in [5.74, 6) is 0. The first-order valence-electron chi connectivity index (χ1n) is 2.71. The van der Waals surface area contributed by atoms with Crippen LogP contribution in [0.4, 0.5) is 0 Å². The lowest BCUT2D eigenvalue weighted by Crippen LogP contribution is -1.83. The summed E-state index contributed by atoms with van der Waals surface area (Å²) in [6, 6.07) is 0. The van der Waals surface area contributed by atoms with Crippen molar-refractivity contribution in [1.82, 2.24) is 0 Å². The minimum absolute atomic E-state index is 1.11. The zero-order valence-corrected chi connectivity index (χ0v) is 4.48. The third-order valence-electron chi connectivity index (χ3n) is 1.24. The molecule has 0 atom stereocenters. The minimum Gasteiger partial charge on any atom is -0.0995 e. The second kappa shape index (κ2) is 1.97. The molecule has 1 aliphatic rings. The summed E-state index contributed by atoms with van der Waals surface area (Å²) < 4.78 is 0. The Morgan fingerprint density at radius 3 is 2.57 bits per heavy atom. The monoisotopic (exact) mass is 94.1 g/mol. The number of hydrogen-bond donors (Lipinski definition) is 0. The van der Waals surface area contributed by atoms with Gasteiger partial charge in [0.15, 0.2) is 0 Å². The third-order valence-corrected chi connectivity index (χ3v) is 1.24. The van der Waals surface area contributed by atoms with Gasteiger partial charge in [0, 0.05) is 0 Å². The van der Waals surface area contributed by atoms with Gasteiger partial charge in [-0.25, -0.2) is 0 Å². The molecule has 38 valence electrons. The average Bonchev–Trinajstić information content (AvgIpc) is 1.69. The van der Waals surface area contributed by atoms with Crippen molar-refractivity contribution in [2.75, 3.05) is 0 Å². The maximum atomic E-state index is 3.86. The highest BCUT2D eigenvalue weighted by molar-refractivity contribution is 5.07. The van der Waals surface area contributed by atoms with Crippen molar-refractivity contribution in [2.45, 2.75) is 19.3 Å². The van der Waals surface area contributed by atoms with Crippen molar-refractivity contribution >= 4 is 0 Å². The van der Waals surface area contributed by atoms with Gasteiger partial charge in [-0.1, -0.05) is 24.3 Å². The maximum absolute atomic E-state index is 3.86. The summed E-state index contributed by atoms with van der Waals surface area (Å²) in [7, 11) is 0. The second-order valence-corrected chi connectivity index (χ2v) is 1.96. The molecule has 1 aliphatic carbocycles. The minimum atomic E-state index is 1.11. The Balaban J connectivity index is 2.47. The fraction of sp³-hybridized carbons (Fsp3) is 0.429. The van der Waals surface area contributed by atoms with Crippen molar-refractivity contribution in [2.24, 2.45) is 0 Å². The van der Waals surface area contributed by atoms with Crippen LogP contribution in [0.1, 0.15) is 19.3 Å². The van der Waals surface area contributed by atoms with E-state index < -0.39 is 0 Å². The van der Waals surface area contributed by atoms with Crippen LogP contribution in [-0.2, 0) is 0 Å². The molecule has 0 fully saturated rings. The van der Waals surface area contributed by atoms with Crippen molar-refractivity contribution in [3.8, 4) is 0 Å². The molecule has 0 unspecified atom stereocenters. The summed E-state index contributed by atoms with van der Waals surface area (Å²) in [6.45, 7) is 3.86. The Hall–Kier alpha value is -0.520. The van der Waals surface area contributed by atoms with Crippen molar-refractivity contribution in [1.29, 1.82) is 0 Å². The molecule has 0 saturated heterocycles. The van der Waals surface area contributed by atoms with E-state index >= 15 is 0 Å². The van der Waals surface area contributed by atoms with Crippen LogP contribution in [0.15, 0.2) is 24.3 Å². The van der Waals surface area contributed by atoms with Crippen molar-refractivity contribution in [3.63, 3.8) is 0 Å². The molecule has 0 nitrogen and oxygen atoms in total. The third kappa shape index (κ3) is 1.19. The van der Waals surface area contributed by atoms with Gasteiger partial charge in [-0.2, -0.15) is 0 Å². The Bertz CT molecular complexity index is 98.6. The molecule has 0 bridgehead atoms. The van der Waals surface area contributed by atoms with Gasteiger partial charge in [0.25, 0.3) is 0 Å². The van der Waals surface area contributed by atoms with Crippen molar-refractivity contribution < 1.29 is 0 Å². The number of rotatable bonds is 0. The lowest BCUT2D eigenvalue weighted by Gasteiger charge is -2.03. The lowest BCUT2D eigenvalue weighted by molar-refractivity contribution is 0.906. The molecule has 0 amide bonds. The van der Waals surface area contributed by atoms with Gasteiger partial charge in [0.05, 0.1) is 0 Å². The topological polar surface area (TPSA) is 0 Å². The van der Waals surface area contributed by atoms with E-state index in [1.54, 1.807) is 0 Å². The van der Waals surface area contributed by atoms with Crippen LogP contribution in [0.25, 0.3) is 0 Å². The molecule has 0 N–H and O–H groups in total. The van der Waals surface area contributed by atoms with Crippen LogP contribution < -0.4 is 0 Å². The normalized spacial score (nSPS) is 20.3. The van der Waals surface area contributed by atoms with Gasteiger partial charge in [-0.15, -0.1) is 0 Å². The Labute approximate surface area is 44.5 Å². The molecule has 0 aromatic heterocycles. The van der Waals surface area contributed by atoms with Gasteiger partial charge in [-0.3, -0.25) is 0 Å². The van der Waals surface area contributed by atoms with E-state index in [9.17, 15) is 0 Å². The standard InChI is InChI=1S/C7H10/c1-7-5-3-2-4-6-7/h2-3H,1,4-6H2. The fourth-order valence-corrected chi connectivity index (χ4v) is 0.757. The second-order valence-electron chi connectivity index (χ2n) is 1.96. The molecule has 1 rings (SSSR count). The smallest absolute Gasteiger partial charge is 0.0141 e. The summed E-state index contributed by atoms with van der Waals surface area (Å²) in [5, 5.41) is 0. The van der Waals surface area contributed by atoms with Crippen LogP contribution in [-0.4, -0.2) is 0 Å². The molecule has 0 saturated carbocycles. The highest BCUT2D eigenvalue weighted by Gasteiger charge is 1.93. The van der Waals surface area contributed by atoms with Gasteiger partial charge in [0.1, 0.15) is 0 Å². The van der Waals surface area contributed by atoms with E-state index in [1.165, 1.54) is 18.4 Å². The first-order valence-corrected chi connectivity index (χ1v) is 2.71. The first kappa shape index (κ1) is 4.63. The molecule has 0 aromatic carbocycles. The average molecular weight is 94.2 g/mol. The van der Waals surface area contributed by atoms with Crippen LogP contribution >= 0.6 is 0 Å². The predicted octanol–water partition coefficient (Wildman–Crippen LogP) is 2.28. The highest BCUT2D eigenvalue weighted by Crippen LogP contribution is 2.13. The molecular formula is C7H10. The van der Waals surface area contributed by atoms with Crippen molar-refractivity contribution in [3.05, 3.63) is 24.3 Å². The van der Waals surface area contributed by atoms with Gasteiger partial charge in [-0.05, 0) is 19.3 Å². The van der Waals surface area contributed by atoms with E-state index in [4.69, 9.17) is 0 Å². The molecule has 7 heavy (non-hydrogen) atoms. The Morgan fingerprint density at radius 2 is 2.29 bits per heavy atom. The molecule has 0 aromatic rings. The lowest BCUT2D eigenvalue weighted by atomic mass is 10.0. The van der Waals surface area contributed by atoms with E-state index in [0.717, 1.165) is 6.42 Å². The Morgan fingerprint density at radius 1 is 1.43 bits per heavy atom. The quantitative estimate of drug-likeness (QED) is 0.404. The van der Waals surface area contributed by atoms with Crippen LogP contribution in [0.3, 0.4) is 0 Å². The van der Waals surface area contributed by atoms with E-state index in [1.807, 2.05) is 0 Å². The van der Waals surface area contributed by atoms with E-state index in [-0.39, 0.29) is 0 Å². The summed E-state index contributed by atoms with van der Waals surface area (Å²) in [6.07, 6.45) is 7.93. The van der Waals surface area contributed by atoms with Crippen LogP contribution in [0.2, 0.25) is 0 Å². The number of hydrogen-bond acceptors (Lipinski definition) is 0. The molecule has 0 spiro atoms. The van der Waals surface area contributed by atoms with Crippen LogP contribution in [0, 0.1) is 0 Å². The summed E-state index contributed by atoms with van der Waals surface area (Å²) in [4.78, 5) is 0. The van der Waals surface area contributed by atoms with Gasteiger partial charge >= 0.3 is 0 Å². The first-order chi connectivity index (χ1) is 3.39. The fourth-order valence-electron chi connectivity index (χ4n) is 0.757. The van der Waals surface area contributed by atoms with Gasteiger partial charge in [0.2, 0.25) is 0 Å².